The lowest BCUT2D eigenvalue weighted by molar-refractivity contribution is -0.124. The Morgan fingerprint density at radius 3 is 2.81 bits per heavy atom. The number of amides is 1. The van der Waals surface area contributed by atoms with Gasteiger partial charge in [-0.15, -0.1) is 23.7 Å². The Hall–Kier alpha value is -0.580. The highest BCUT2D eigenvalue weighted by atomic mass is 35.5. The third-order valence-electron chi connectivity index (χ3n) is 4.89. The van der Waals surface area contributed by atoms with Crippen molar-refractivity contribution < 1.29 is 4.79 Å². The number of hydrogen-bond acceptors (Lipinski definition) is 3. The number of thiophene rings is 1. The van der Waals surface area contributed by atoms with Gasteiger partial charge in [0, 0.05) is 23.4 Å². The van der Waals surface area contributed by atoms with Gasteiger partial charge in [0.25, 0.3) is 0 Å². The maximum absolute atomic E-state index is 12.3. The van der Waals surface area contributed by atoms with E-state index < -0.39 is 0 Å². The van der Waals surface area contributed by atoms with Crippen LogP contribution in [0.5, 0.6) is 0 Å². The fourth-order valence-electron chi connectivity index (χ4n) is 3.60. The number of hydrogen-bond donors (Lipinski definition) is 2. The Balaban J connectivity index is 0.00000161. The molecule has 0 spiro atoms. The summed E-state index contributed by atoms with van der Waals surface area (Å²) in [7, 11) is 0. The zero-order valence-corrected chi connectivity index (χ0v) is 14.0. The van der Waals surface area contributed by atoms with Crippen LogP contribution in [0.25, 0.3) is 0 Å². The van der Waals surface area contributed by atoms with Crippen molar-refractivity contribution in [3.05, 3.63) is 22.4 Å². The van der Waals surface area contributed by atoms with Crippen molar-refractivity contribution in [2.45, 2.75) is 43.9 Å². The minimum absolute atomic E-state index is 0. The Labute approximate surface area is 137 Å². The van der Waals surface area contributed by atoms with E-state index in [1.807, 2.05) is 11.3 Å². The molecule has 2 aliphatic rings. The van der Waals surface area contributed by atoms with E-state index in [1.165, 1.54) is 37.0 Å². The molecule has 2 fully saturated rings. The first kappa shape index (κ1) is 16.8. The molecule has 1 atom stereocenters. The molecule has 2 heterocycles. The lowest BCUT2D eigenvalue weighted by Crippen LogP contribution is -2.44. The summed E-state index contributed by atoms with van der Waals surface area (Å²) in [5.74, 6) is 0.426. The van der Waals surface area contributed by atoms with Crippen LogP contribution in [0.2, 0.25) is 0 Å². The molecule has 1 aliphatic carbocycles. The van der Waals surface area contributed by atoms with E-state index in [0.717, 1.165) is 26.1 Å². The number of rotatable bonds is 4. The molecule has 0 aromatic carbocycles. The second kappa shape index (κ2) is 7.61. The van der Waals surface area contributed by atoms with E-state index in [9.17, 15) is 4.79 Å². The molecule has 21 heavy (non-hydrogen) atoms. The van der Waals surface area contributed by atoms with Crippen molar-refractivity contribution >= 4 is 29.7 Å². The molecule has 1 saturated carbocycles. The van der Waals surface area contributed by atoms with E-state index in [2.05, 4.69) is 28.1 Å². The lowest BCUT2D eigenvalue weighted by Gasteiger charge is -2.37. The second-order valence-corrected chi connectivity index (χ2v) is 7.17. The van der Waals surface area contributed by atoms with Gasteiger partial charge in [0.1, 0.15) is 0 Å². The average molecular weight is 329 g/mol. The van der Waals surface area contributed by atoms with Crippen LogP contribution in [-0.2, 0) is 10.2 Å². The van der Waals surface area contributed by atoms with Gasteiger partial charge in [0.2, 0.25) is 5.91 Å². The Morgan fingerprint density at radius 1 is 1.38 bits per heavy atom. The summed E-state index contributed by atoms with van der Waals surface area (Å²) >= 11 is 1.85. The van der Waals surface area contributed by atoms with Crippen LogP contribution < -0.4 is 10.6 Å². The smallest absolute Gasteiger partial charge is 0.224 e. The third kappa shape index (κ3) is 3.79. The molecule has 1 saturated heterocycles. The molecular weight excluding hydrogens is 304 g/mol. The summed E-state index contributed by atoms with van der Waals surface area (Å²) < 4.78 is 0. The van der Waals surface area contributed by atoms with E-state index in [-0.39, 0.29) is 29.6 Å². The fraction of sp³-hybridized carbons (Fsp3) is 0.688. The van der Waals surface area contributed by atoms with Crippen LogP contribution in [0.1, 0.15) is 43.4 Å². The topological polar surface area (TPSA) is 41.1 Å². The summed E-state index contributed by atoms with van der Waals surface area (Å²) in [5, 5.41) is 8.68. The van der Waals surface area contributed by atoms with E-state index in [4.69, 9.17) is 0 Å². The van der Waals surface area contributed by atoms with Gasteiger partial charge in [-0.2, -0.15) is 0 Å². The molecule has 3 rings (SSSR count). The van der Waals surface area contributed by atoms with Crippen molar-refractivity contribution in [3.8, 4) is 0 Å². The van der Waals surface area contributed by atoms with Gasteiger partial charge < -0.3 is 10.6 Å². The Kier molecular flexibility index (Phi) is 6.08. The molecule has 2 N–H and O–H groups in total. The minimum Gasteiger partial charge on any atom is -0.355 e. The second-order valence-electron chi connectivity index (χ2n) is 6.23. The number of halogens is 1. The molecule has 1 aliphatic heterocycles. The van der Waals surface area contributed by atoms with E-state index in [0.29, 0.717) is 0 Å². The van der Waals surface area contributed by atoms with Gasteiger partial charge in [-0.1, -0.05) is 25.3 Å². The monoisotopic (exact) mass is 328 g/mol. The summed E-state index contributed by atoms with van der Waals surface area (Å²) in [5.41, 5.74) is 0.202. The largest absolute Gasteiger partial charge is 0.355 e. The van der Waals surface area contributed by atoms with Gasteiger partial charge in [-0.05, 0) is 37.3 Å². The molecule has 1 amide bonds. The quantitative estimate of drug-likeness (QED) is 0.891. The predicted molar refractivity (Wildman–Crippen MR) is 90.3 cm³/mol. The van der Waals surface area contributed by atoms with E-state index in [1.54, 1.807) is 0 Å². The maximum Gasteiger partial charge on any atom is 0.224 e. The minimum atomic E-state index is 0. The number of carbonyl (C=O) groups excluding carboxylic acids is 1. The third-order valence-corrected chi connectivity index (χ3v) is 6.00. The van der Waals surface area contributed by atoms with Crippen molar-refractivity contribution in [1.82, 2.24) is 10.6 Å². The highest BCUT2D eigenvalue weighted by Gasteiger charge is 2.35. The highest BCUT2D eigenvalue weighted by molar-refractivity contribution is 7.10. The van der Waals surface area contributed by atoms with Crippen molar-refractivity contribution in [1.29, 1.82) is 0 Å². The van der Waals surface area contributed by atoms with Gasteiger partial charge in [0.05, 0.1) is 5.92 Å². The molecule has 0 radical (unpaired) electrons. The molecule has 3 nitrogen and oxygen atoms in total. The van der Waals surface area contributed by atoms with Crippen molar-refractivity contribution in [2.24, 2.45) is 5.92 Å². The number of nitrogens with one attached hydrogen (secondary N) is 2. The highest BCUT2D eigenvalue weighted by Crippen LogP contribution is 2.41. The van der Waals surface area contributed by atoms with Crippen molar-refractivity contribution in [2.75, 3.05) is 19.6 Å². The van der Waals surface area contributed by atoms with E-state index >= 15 is 0 Å². The van der Waals surface area contributed by atoms with Crippen molar-refractivity contribution in [3.63, 3.8) is 0 Å². The summed E-state index contributed by atoms with van der Waals surface area (Å²) in [6.07, 6.45) is 7.34. The first-order valence-electron chi connectivity index (χ1n) is 7.83. The summed E-state index contributed by atoms with van der Waals surface area (Å²) in [4.78, 5) is 13.7. The molecular formula is C16H25ClN2OS. The van der Waals surface area contributed by atoms with Gasteiger partial charge in [-0.3, -0.25) is 4.79 Å². The SMILES string of the molecule is Cl.O=C(NCC1(c2cccs2)CCCCC1)C1CCNC1. The zero-order chi connectivity index (χ0) is 13.8. The van der Waals surface area contributed by atoms with Gasteiger partial charge in [0.15, 0.2) is 0 Å². The van der Waals surface area contributed by atoms with Crippen LogP contribution >= 0.6 is 23.7 Å². The molecule has 1 aromatic heterocycles. The average Bonchev–Trinajstić information content (AvgIpc) is 3.18. The van der Waals surface area contributed by atoms with Gasteiger partial charge in [-0.25, -0.2) is 0 Å². The fourth-order valence-corrected chi connectivity index (χ4v) is 4.59. The first-order chi connectivity index (χ1) is 9.80. The first-order valence-corrected chi connectivity index (χ1v) is 8.71. The standard InChI is InChI=1S/C16H24N2OS.ClH/c19-15(13-6-9-17-11-13)18-12-16(7-2-1-3-8-16)14-5-4-10-20-14;/h4-5,10,13,17H,1-3,6-9,11-12H2,(H,18,19);1H. The Morgan fingerprint density at radius 2 is 2.19 bits per heavy atom. The zero-order valence-electron chi connectivity index (χ0n) is 12.4. The summed E-state index contributed by atoms with van der Waals surface area (Å²) in [6, 6.07) is 4.39. The molecule has 118 valence electrons. The molecule has 1 unspecified atom stereocenters. The molecule has 0 bridgehead atoms. The van der Waals surface area contributed by atoms with Crippen LogP contribution in [0.3, 0.4) is 0 Å². The lowest BCUT2D eigenvalue weighted by atomic mass is 9.73. The van der Waals surface area contributed by atoms with Crippen LogP contribution in [0.15, 0.2) is 17.5 Å². The Bertz CT molecular complexity index is 437. The molecule has 5 heteroatoms. The normalized spacial score (nSPS) is 24.3. The predicted octanol–water partition coefficient (Wildman–Crippen LogP) is 3.10. The van der Waals surface area contributed by atoms with Crippen LogP contribution in [0.4, 0.5) is 0 Å². The summed E-state index contributed by atoms with van der Waals surface area (Å²) in [6.45, 7) is 2.65. The maximum atomic E-state index is 12.3. The van der Waals surface area contributed by atoms with Gasteiger partial charge >= 0.3 is 0 Å². The van der Waals surface area contributed by atoms with Crippen LogP contribution in [-0.4, -0.2) is 25.5 Å². The van der Waals surface area contributed by atoms with Crippen LogP contribution in [0, 0.1) is 5.92 Å². The molecule has 1 aromatic rings. The number of carbonyl (C=O) groups is 1.